The molecule has 0 aliphatic heterocycles. The first kappa shape index (κ1) is 18.2. The lowest BCUT2D eigenvalue weighted by Crippen LogP contribution is -2.48. The Balaban J connectivity index is 1.41. The van der Waals surface area contributed by atoms with E-state index in [0.717, 1.165) is 17.8 Å². The summed E-state index contributed by atoms with van der Waals surface area (Å²) >= 11 is -0.641. The molecule has 7 heteroatoms. The Morgan fingerprint density at radius 1 is 1.12 bits per heavy atom. The maximum absolute atomic E-state index is 13.2. The summed E-state index contributed by atoms with van der Waals surface area (Å²) in [5, 5.41) is 4.12. The van der Waals surface area contributed by atoms with Crippen molar-refractivity contribution in [2.45, 2.75) is 55.8 Å². The lowest BCUT2D eigenvalue weighted by atomic mass is 9.48. The van der Waals surface area contributed by atoms with Crippen LogP contribution in [0.15, 0.2) is 24.3 Å². The number of hydrogen-bond donors (Lipinski definition) is 1. The van der Waals surface area contributed by atoms with E-state index >= 15 is 0 Å². The summed E-state index contributed by atoms with van der Waals surface area (Å²) in [5.74, 6) is 0.836. The van der Waals surface area contributed by atoms with Gasteiger partial charge >= 0.3 is 11.2 Å². The molecule has 0 radical (unpaired) electrons. The molecule has 0 heterocycles. The van der Waals surface area contributed by atoms with Gasteiger partial charge in [-0.2, -0.15) is 13.1 Å². The van der Waals surface area contributed by atoms with Gasteiger partial charge in [0.2, 0.25) is 0 Å². The van der Waals surface area contributed by atoms with E-state index in [2.05, 4.69) is 21.2 Å². The minimum Gasteiger partial charge on any atom is -0.456 e. The number of hydrogen-bond acceptors (Lipinski definition) is 5. The van der Waals surface area contributed by atoms with E-state index in [1.54, 1.807) is 0 Å². The van der Waals surface area contributed by atoms with Gasteiger partial charge in [0.25, 0.3) is 0 Å². The average Bonchev–Trinajstić information content (AvgIpc) is 2.59. The minimum absolute atomic E-state index is 0.235. The van der Waals surface area contributed by atoms with Gasteiger partial charge in [0.15, 0.2) is 0 Å². The maximum atomic E-state index is 13.2. The van der Waals surface area contributed by atoms with Gasteiger partial charge in [-0.3, -0.25) is 0 Å². The summed E-state index contributed by atoms with van der Waals surface area (Å²) < 4.78 is 34.3. The number of carbonyl (C=O) groups excluding carboxylic acids is 1. The van der Waals surface area contributed by atoms with Crippen molar-refractivity contribution in [3.8, 4) is 0 Å². The molecule has 0 saturated heterocycles. The molecule has 4 saturated carbocycles. The van der Waals surface area contributed by atoms with Crippen molar-refractivity contribution in [3.05, 3.63) is 35.4 Å². The third-order valence-electron chi connectivity index (χ3n) is 6.35. The number of alkyl halides is 2. The molecule has 1 aromatic carbocycles. The molecule has 0 aromatic heterocycles. The summed E-state index contributed by atoms with van der Waals surface area (Å²) in [6.45, 7) is -0.235. The number of esters is 1. The van der Waals surface area contributed by atoms with Gasteiger partial charge in [0.1, 0.15) is 18.6 Å². The molecular weight excluding hydrogens is 362 g/mol. The first-order chi connectivity index (χ1) is 12.4. The molecule has 26 heavy (non-hydrogen) atoms. The van der Waals surface area contributed by atoms with Crippen LogP contribution in [0.1, 0.15) is 49.7 Å². The van der Waals surface area contributed by atoms with Gasteiger partial charge in [0.05, 0.1) is 0 Å². The standard InChI is InChI=1S/C19H22F2O4S/c20-19(21,26-25-23)17(22)24-11-12-1-3-16(4-2-12)18-8-13-5-14(9-18)7-15(6-13)10-18/h1-4,13-15,23H,5-11H2. The second kappa shape index (κ2) is 6.77. The van der Waals surface area contributed by atoms with Gasteiger partial charge in [0, 0.05) is 0 Å². The van der Waals surface area contributed by atoms with Crippen LogP contribution in [0.3, 0.4) is 0 Å². The highest BCUT2D eigenvalue weighted by Gasteiger charge is 2.51. The molecule has 1 N–H and O–H groups in total. The van der Waals surface area contributed by atoms with E-state index in [1.807, 2.05) is 12.1 Å². The van der Waals surface area contributed by atoms with Crippen LogP contribution in [0.2, 0.25) is 0 Å². The van der Waals surface area contributed by atoms with Crippen LogP contribution >= 0.6 is 12.0 Å². The number of halogens is 2. The second-order valence-electron chi connectivity index (χ2n) is 8.15. The van der Waals surface area contributed by atoms with E-state index in [1.165, 1.54) is 44.1 Å². The van der Waals surface area contributed by atoms with E-state index in [9.17, 15) is 13.6 Å². The maximum Gasteiger partial charge on any atom is 0.415 e. The molecule has 0 amide bonds. The van der Waals surface area contributed by atoms with Crippen molar-refractivity contribution in [2.24, 2.45) is 17.8 Å². The Hall–Kier alpha value is -1.18. The SMILES string of the molecule is O=C(OCc1ccc(C23CC4CC(CC(C4)C2)C3)cc1)C(F)(F)SOO. The van der Waals surface area contributed by atoms with Gasteiger partial charge in [-0.05, 0) is 72.8 Å². The Morgan fingerprint density at radius 3 is 2.15 bits per heavy atom. The molecule has 5 rings (SSSR count). The molecule has 0 atom stereocenters. The Kier molecular flexibility index (Phi) is 4.73. The third-order valence-corrected chi connectivity index (χ3v) is 6.80. The van der Waals surface area contributed by atoms with Crippen molar-refractivity contribution < 1.29 is 27.9 Å². The normalized spacial score (nSPS) is 32.7. The molecule has 4 fully saturated rings. The highest BCUT2D eigenvalue weighted by molar-refractivity contribution is 7.96. The monoisotopic (exact) mass is 384 g/mol. The highest BCUT2D eigenvalue weighted by Crippen LogP contribution is 2.60. The topological polar surface area (TPSA) is 55.8 Å². The predicted octanol–water partition coefficient (Wildman–Crippen LogP) is 4.93. The average molecular weight is 384 g/mol. The molecule has 1 aromatic rings. The first-order valence-corrected chi connectivity index (χ1v) is 9.78. The van der Waals surface area contributed by atoms with Crippen LogP contribution in [0.5, 0.6) is 0 Å². The Bertz CT molecular complexity index is 641. The predicted molar refractivity (Wildman–Crippen MR) is 92.3 cm³/mol. The number of carbonyl (C=O) groups is 1. The zero-order chi connectivity index (χ0) is 18.4. The van der Waals surface area contributed by atoms with E-state index < -0.39 is 23.3 Å². The summed E-state index contributed by atoms with van der Waals surface area (Å²) in [4.78, 5) is 11.3. The van der Waals surface area contributed by atoms with E-state index in [-0.39, 0.29) is 12.0 Å². The minimum atomic E-state index is -3.94. The van der Waals surface area contributed by atoms with Crippen LogP contribution in [-0.4, -0.2) is 16.5 Å². The zero-order valence-electron chi connectivity index (χ0n) is 14.3. The van der Waals surface area contributed by atoms with Gasteiger partial charge in [-0.1, -0.05) is 24.3 Å². The molecule has 4 bridgehead atoms. The molecule has 0 unspecified atom stereocenters. The Morgan fingerprint density at radius 2 is 1.65 bits per heavy atom. The fourth-order valence-corrected chi connectivity index (χ4v) is 5.95. The lowest BCUT2D eigenvalue weighted by Gasteiger charge is -2.57. The van der Waals surface area contributed by atoms with E-state index in [0.29, 0.717) is 5.56 Å². The van der Waals surface area contributed by atoms with Crippen LogP contribution in [0.4, 0.5) is 8.78 Å². The first-order valence-electron chi connectivity index (χ1n) is 9.04. The zero-order valence-corrected chi connectivity index (χ0v) is 15.1. The fraction of sp³-hybridized carbons (Fsp3) is 0.632. The van der Waals surface area contributed by atoms with Crippen LogP contribution in [-0.2, 0) is 25.9 Å². The summed E-state index contributed by atoms with van der Waals surface area (Å²) in [5.41, 5.74) is 2.28. The highest BCUT2D eigenvalue weighted by atomic mass is 32.2. The molecular formula is C19H22F2O4S. The third kappa shape index (κ3) is 3.37. The van der Waals surface area contributed by atoms with Gasteiger partial charge in [-0.25, -0.2) is 10.1 Å². The van der Waals surface area contributed by atoms with Crippen LogP contribution in [0, 0.1) is 17.8 Å². The lowest BCUT2D eigenvalue weighted by molar-refractivity contribution is -0.166. The molecule has 0 spiro atoms. The summed E-state index contributed by atoms with van der Waals surface area (Å²) in [6, 6.07) is 7.85. The van der Waals surface area contributed by atoms with Crippen molar-refractivity contribution in [1.82, 2.24) is 0 Å². The van der Waals surface area contributed by atoms with Crippen molar-refractivity contribution >= 4 is 18.0 Å². The van der Waals surface area contributed by atoms with Gasteiger partial charge in [-0.15, -0.1) is 0 Å². The van der Waals surface area contributed by atoms with Crippen molar-refractivity contribution in [2.75, 3.05) is 0 Å². The van der Waals surface area contributed by atoms with Crippen molar-refractivity contribution in [3.63, 3.8) is 0 Å². The molecule has 4 nitrogen and oxygen atoms in total. The van der Waals surface area contributed by atoms with E-state index in [4.69, 9.17) is 5.26 Å². The summed E-state index contributed by atoms with van der Waals surface area (Å²) in [6.07, 6.45) is 7.94. The molecule has 4 aliphatic carbocycles. The summed E-state index contributed by atoms with van der Waals surface area (Å²) in [7, 11) is 0. The largest absolute Gasteiger partial charge is 0.456 e. The fourth-order valence-electron chi connectivity index (χ4n) is 5.73. The van der Waals surface area contributed by atoms with Crippen LogP contribution in [0.25, 0.3) is 0 Å². The smallest absolute Gasteiger partial charge is 0.415 e. The number of benzene rings is 1. The van der Waals surface area contributed by atoms with Crippen molar-refractivity contribution in [1.29, 1.82) is 0 Å². The number of ether oxygens (including phenoxy) is 1. The molecule has 142 valence electrons. The Labute approximate surface area is 155 Å². The number of rotatable bonds is 6. The quantitative estimate of drug-likeness (QED) is 0.326. The second-order valence-corrected chi connectivity index (χ2v) is 8.97. The van der Waals surface area contributed by atoms with Gasteiger partial charge < -0.3 is 4.74 Å². The molecule has 4 aliphatic rings. The van der Waals surface area contributed by atoms with Crippen LogP contribution < -0.4 is 0 Å².